The van der Waals surface area contributed by atoms with Crippen LogP contribution in [0.3, 0.4) is 0 Å². The average molecular weight is 203 g/mol. The molecular weight excluding hydrogens is 196 g/mol. The zero-order valence-corrected chi connectivity index (χ0v) is 7.01. The van der Waals surface area contributed by atoms with Gasteiger partial charge in [0.05, 0.1) is 0 Å². The summed E-state index contributed by atoms with van der Waals surface area (Å²) in [6.45, 7) is 1.72. The van der Waals surface area contributed by atoms with Crippen molar-refractivity contribution in [2.45, 2.75) is 6.92 Å². The minimum absolute atomic E-state index is 0.0608. The van der Waals surface area contributed by atoms with Crippen molar-refractivity contribution in [1.82, 2.24) is 0 Å². The number of benzene rings is 1. The zero-order valence-electron chi connectivity index (χ0n) is 5.43. The van der Waals surface area contributed by atoms with Crippen molar-refractivity contribution in [3.63, 3.8) is 0 Å². The van der Waals surface area contributed by atoms with E-state index >= 15 is 0 Å². The fraction of sp³-hybridized carbons (Fsp3) is 0.143. The van der Waals surface area contributed by atoms with Crippen molar-refractivity contribution in [2.75, 3.05) is 0 Å². The highest BCUT2D eigenvalue weighted by Gasteiger charge is 2.04. The van der Waals surface area contributed by atoms with Crippen LogP contribution in [0.25, 0.3) is 0 Å². The Balaban J connectivity index is 3.34. The van der Waals surface area contributed by atoms with E-state index in [2.05, 4.69) is 15.9 Å². The van der Waals surface area contributed by atoms with Gasteiger partial charge in [-0.3, -0.25) is 0 Å². The molecule has 0 fully saturated rings. The molecule has 2 nitrogen and oxygen atoms in total. The molecule has 54 valence electrons. The Morgan fingerprint density at radius 1 is 1.30 bits per heavy atom. The number of hydrogen-bond acceptors (Lipinski definition) is 2. The van der Waals surface area contributed by atoms with Gasteiger partial charge in [-0.2, -0.15) is 0 Å². The molecule has 0 saturated carbocycles. The maximum atomic E-state index is 9.11. The van der Waals surface area contributed by atoms with Gasteiger partial charge in [-0.15, -0.1) is 0 Å². The molecular formula is C7H7BrO2. The summed E-state index contributed by atoms with van der Waals surface area (Å²) in [6, 6.07) is 3.12. The highest BCUT2D eigenvalue weighted by molar-refractivity contribution is 9.10. The molecule has 1 aromatic carbocycles. The molecule has 0 aliphatic heterocycles. The van der Waals surface area contributed by atoms with Crippen LogP contribution in [0.2, 0.25) is 0 Å². The van der Waals surface area contributed by atoms with E-state index in [0.29, 0.717) is 5.56 Å². The molecule has 10 heavy (non-hydrogen) atoms. The second-order valence-corrected chi connectivity index (χ2v) is 2.89. The summed E-state index contributed by atoms with van der Waals surface area (Å²) in [5, 5.41) is 18.1. The van der Waals surface area contributed by atoms with E-state index in [1.807, 2.05) is 0 Å². The van der Waals surface area contributed by atoms with Crippen LogP contribution in [0, 0.1) is 6.92 Å². The number of aromatic hydroxyl groups is 2. The number of halogens is 1. The van der Waals surface area contributed by atoms with Gasteiger partial charge >= 0.3 is 0 Å². The van der Waals surface area contributed by atoms with Gasteiger partial charge in [0.2, 0.25) is 0 Å². The lowest BCUT2D eigenvalue weighted by atomic mass is 10.2. The molecule has 3 heteroatoms. The van der Waals surface area contributed by atoms with Gasteiger partial charge in [0.25, 0.3) is 0 Å². The normalized spacial score (nSPS) is 9.80. The second-order valence-electron chi connectivity index (χ2n) is 2.04. The van der Waals surface area contributed by atoms with Gasteiger partial charge in [-0.05, 0) is 19.1 Å². The van der Waals surface area contributed by atoms with Crippen molar-refractivity contribution in [3.8, 4) is 11.5 Å². The Kier molecular flexibility index (Phi) is 1.85. The number of phenols is 2. The topological polar surface area (TPSA) is 40.5 Å². The third-order valence-electron chi connectivity index (χ3n) is 1.34. The Labute approximate surface area is 67.3 Å². The minimum atomic E-state index is -0.0827. The molecule has 0 aliphatic rings. The lowest BCUT2D eigenvalue weighted by Crippen LogP contribution is -1.76. The number of hydrogen-bond donors (Lipinski definition) is 2. The first-order chi connectivity index (χ1) is 4.63. The van der Waals surface area contributed by atoms with E-state index in [0.717, 1.165) is 4.47 Å². The minimum Gasteiger partial charge on any atom is -0.504 e. The fourth-order valence-electron chi connectivity index (χ4n) is 0.661. The molecule has 2 N–H and O–H groups in total. The lowest BCUT2D eigenvalue weighted by Gasteiger charge is -2.01. The average Bonchev–Trinajstić information content (AvgIpc) is 1.93. The summed E-state index contributed by atoms with van der Waals surface area (Å²) >= 11 is 3.21. The zero-order chi connectivity index (χ0) is 7.72. The van der Waals surface area contributed by atoms with E-state index in [1.165, 1.54) is 6.07 Å². The van der Waals surface area contributed by atoms with Crippen LogP contribution in [0.15, 0.2) is 16.6 Å². The van der Waals surface area contributed by atoms with Crippen molar-refractivity contribution in [3.05, 3.63) is 22.2 Å². The molecule has 0 aromatic heterocycles. The first kappa shape index (κ1) is 7.41. The van der Waals surface area contributed by atoms with Crippen LogP contribution in [0.5, 0.6) is 11.5 Å². The highest BCUT2D eigenvalue weighted by atomic mass is 79.9. The van der Waals surface area contributed by atoms with Crippen molar-refractivity contribution in [2.24, 2.45) is 0 Å². The highest BCUT2D eigenvalue weighted by Crippen LogP contribution is 2.32. The predicted octanol–water partition coefficient (Wildman–Crippen LogP) is 2.17. The molecule has 0 saturated heterocycles. The SMILES string of the molecule is Cc1c(Br)ccc(O)c1O. The monoisotopic (exact) mass is 202 g/mol. The Morgan fingerprint density at radius 2 is 1.90 bits per heavy atom. The molecule has 0 bridgehead atoms. The Bertz CT molecular complexity index is 231. The van der Waals surface area contributed by atoms with Crippen LogP contribution in [-0.2, 0) is 0 Å². The first-order valence-electron chi connectivity index (χ1n) is 2.80. The molecule has 0 atom stereocenters. The van der Waals surface area contributed by atoms with E-state index < -0.39 is 0 Å². The summed E-state index contributed by atoms with van der Waals surface area (Å²) in [5.74, 6) is -0.143. The van der Waals surface area contributed by atoms with Crippen LogP contribution < -0.4 is 0 Å². The Morgan fingerprint density at radius 3 is 2.40 bits per heavy atom. The molecule has 0 heterocycles. The van der Waals surface area contributed by atoms with Gasteiger partial charge < -0.3 is 10.2 Å². The summed E-state index contributed by atoms with van der Waals surface area (Å²) in [5.41, 5.74) is 0.653. The number of phenolic OH excluding ortho intramolecular Hbond substituents is 2. The van der Waals surface area contributed by atoms with Crippen molar-refractivity contribution >= 4 is 15.9 Å². The standard InChI is InChI=1S/C7H7BrO2/c1-4-5(8)2-3-6(9)7(4)10/h2-3,9-10H,1H3. The summed E-state index contributed by atoms with van der Waals surface area (Å²) < 4.78 is 0.794. The van der Waals surface area contributed by atoms with E-state index in [4.69, 9.17) is 10.2 Å². The van der Waals surface area contributed by atoms with E-state index in [9.17, 15) is 0 Å². The maximum absolute atomic E-state index is 9.11. The largest absolute Gasteiger partial charge is 0.504 e. The molecule has 0 aliphatic carbocycles. The number of rotatable bonds is 0. The van der Waals surface area contributed by atoms with Gasteiger partial charge in [0.15, 0.2) is 11.5 Å². The maximum Gasteiger partial charge on any atom is 0.161 e. The van der Waals surface area contributed by atoms with Crippen LogP contribution in [0.4, 0.5) is 0 Å². The van der Waals surface area contributed by atoms with E-state index in [1.54, 1.807) is 13.0 Å². The second kappa shape index (κ2) is 2.50. The van der Waals surface area contributed by atoms with Crippen LogP contribution >= 0.6 is 15.9 Å². The molecule has 1 rings (SSSR count). The smallest absolute Gasteiger partial charge is 0.161 e. The van der Waals surface area contributed by atoms with Gasteiger partial charge in [0, 0.05) is 10.0 Å². The quantitative estimate of drug-likeness (QED) is 0.634. The van der Waals surface area contributed by atoms with Crippen molar-refractivity contribution < 1.29 is 10.2 Å². The molecule has 0 unspecified atom stereocenters. The Hall–Kier alpha value is -0.700. The molecule has 0 spiro atoms. The van der Waals surface area contributed by atoms with Crippen molar-refractivity contribution in [1.29, 1.82) is 0 Å². The third kappa shape index (κ3) is 1.09. The predicted molar refractivity (Wildman–Crippen MR) is 42.2 cm³/mol. The third-order valence-corrected chi connectivity index (χ3v) is 2.20. The molecule has 0 radical (unpaired) electrons. The van der Waals surface area contributed by atoms with Gasteiger partial charge in [0.1, 0.15) is 0 Å². The van der Waals surface area contributed by atoms with Crippen LogP contribution in [-0.4, -0.2) is 10.2 Å². The molecule has 0 amide bonds. The van der Waals surface area contributed by atoms with E-state index in [-0.39, 0.29) is 11.5 Å². The van der Waals surface area contributed by atoms with Crippen LogP contribution in [0.1, 0.15) is 5.56 Å². The first-order valence-corrected chi connectivity index (χ1v) is 3.59. The summed E-state index contributed by atoms with van der Waals surface area (Å²) in [4.78, 5) is 0. The lowest BCUT2D eigenvalue weighted by molar-refractivity contribution is 0.400. The summed E-state index contributed by atoms with van der Waals surface area (Å²) in [6.07, 6.45) is 0. The molecule has 1 aromatic rings. The van der Waals surface area contributed by atoms with Gasteiger partial charge in [-0.25, -0.2) is 0 Å². The summed E-state index contributed by atoms with van der Waals surface area (Å²) in [7, 11) is 0. The van der Waals surface area contributed by atoms with Gasteiger partial charge in [-0.1, -0.05) is 15.9 Å². The fourth-order valence-corrected chi connectivity index (χ4v) is 0.981.